The second-order valence-electron chi connectivity index (χ2n) is 6.78. The number of hydrogen-bond donors (Lipinski definition) is 1. The molecule has 0 atom stereocenters. The van der Waals surface area contributed by atoms with Crippen LogP contribution in [0.5, 0.6) is 0 Å². The molecule has 0 aliphatic carbocycles. The van der Waals surface area contributed by atoms with E-state index in [1.807, 2.05) is 36.4 Å². The number of esters is 1. The SMILES string of the molecule is CCOC(=O)c1cccc(NC(=S)N2CCC(C#N)(c3ccccc3)CC2)c1. The van der Waals surface area contributed by atoms with E-state index >= 15 is 0 Å². The zero-order valence-corrected chi connectivity index (χ0v) is 16.7. The zero-order valence-electron chi connectivity index (χ0n) is 15.9. The molecule has 0 radical (unpaired) electrons. The van der Waals surface area contributed by atoms with Gasteiger partial charge in [0.1, 0.15) is 0 Å². The third-order valence-corrected chi connectivity index (χ3v) is 5.43. The molecule has 0 amide bonds. The van der Waals surface area contributed by atoms with E-state index in [-0.39, 0.29) is 5.97 Å². The number of nitriles is 1. The number of carbonyl (C=O) groups is 1. The molecular formula is C22H23N3O2S. The van der Waals surface area contributed by atoms with Crippen molar-refractivity contribution in [2.45, 2.75) is 25.2 Å². The fourth-order valence-electron chi connectivity index (χ4n) is 3.45. The van der Waals surface area contributed by atoms with Gasteiger partial charge in [0.25, 0.3) is 0 Å². The van der Waals surface area contributed by atoms with E-state index in [1.54, 1.807) is 25.1 Å². The summed E-state index contributed by atoms with van der Waals surface area (Å²) in [6.45, 7) is 3.52. The van der Waals surface area contributed by atoms with E-state index in [4.69, 9.17) is 17.0 Å². The second-order valence-corrected chi connectivity index (χ2v) is 7.17. The van der Waals surface area contributed by atoms with E-state index in [2.05, 4.69) is 16.3 Å². The summed E-state index contributed by atoms with van der Waals surface area (Å²) >= 11 is 5.56. The number of benzene rings is 2. The van der Waals surface area contributed by atoms with Crippen molar-refractivity contribution in [3.05, 3.63) is 65.7 Å². The molecule has 1 heterocycles. The van der Waals surface area contributed by atoms with Gasteiger partial charge in [-0.1, -0.05) is 36.4 Å². The highest BCUT2D eigenvalue weighted by atomic mass is 32.1. The lowest BCUT2D eigenvalue weighted by Gasteiger charge is -2.38. The summed E-state index contributed by atoms with van der Waals surface area (Å²) in [5.74, 6) is -0.350. The van der Waals surface area contributed by atoms with Crippen molar-refractivity contribution in [3.63, 3.8) is 0 Å². The average Bonchev–Trinajstić information content (AvgIpc) is 2.75. The Bertz CT molecular complexity index is 884. The molecule has 0 bridgehead atoms. The number of nitrogens with zero attached hydrogens (tertiary/aromatic N) is 2. The van der Waals surface area contributed by atoms with Crippen molar-refractivity contribution in [1.82, 2.24) is 4.90 Å². The van der Waals surface area contributed by atoms with Crippen molar-refractivity contribution >= 4 is 29.0 Å². The molecule has 1 aliphatic heterocycles. The summed E-state index contributed by atoms with van der Waals surface area (Å²) in [6.07, 6.45) is 1.44. The van der Waals surface area contributed by atoms with Gasteiger partial charge in [0.15, 0.2) is 5.11 Å². The average molecular weight is 394 g/mol. The Labute approximate surface area is 170 Å². The number of carbonyl (C=O) groups excluding carboxylic acids is 1. The molecule has 0 aromatic heterocycles. The Hall–Kier alpha value is -2.91. The molecule has 0 unspecified atom stereocenters. The monoisotopic (exact) mass is 393 g/mol. The summed E-state index contributed by atoms with van der Waals surface area (Å²) < 4.78 is 5.04. The molecule has 3 rings (SSSR count). The highest BCUT2D eigenvalue weighted by Gasteiger charge is 2.37. The van der Waals surface area contributed by atoms with E-state index in [0.29, 0.717) is 30.4 Å². The topological polar surface area (TPSA) is 65.4 Å². The van der Waals surface area contributed by atoms with Crippen LogP contribution in [0, 0.1) is 11.3 Å². The van der Waals surface area contributed by atoms with E-state index in [0.717, 1.165) is 24.1 Å². The molecule has 1 fully saturated rings. The normalized spacial score (nSPS) is 15.4. The summed E-state index contributed by atoms with van der Waals surface area (Å²) in [4.78, 5) is 14.0. The maximum absolute atomic E-state index is 11.9. The molecule has 0 saturated carbocycles. The highest BCUT2D eigenvalue weighted by molar-refractivity contribution is 7.80. The van der Waals surface area contributed by atoms with Gasteiger partial charge in [0.2, 0.25) is 0 Å². The molecule has 1 N–H and O–H groups in total. The Kier molecular flexibility index (Phi) is 6.27. The molecule has 144 valence electrons. The molecule has 0 spiro atoms. The Morgan fingerprint density at radius 1 is 1.21 bits per heavy atom. The predicted octanol–water partition coefficient (Wildman–Crippen LogP) is 4.12. The van der Waals surface area contributed by atoms with Gasteiger partial charge < -0.3 is 15.0 Å². The molecule has 28 heavy (non-hydrogen) atoms. The number of ether oxygens (including phenoxy) is 1. The lowest BCUT2D eigenvalue weighted by atomic mass is 9.74. The van der Waals surface area contributed by atoms with Crippen LogP contribution in [0.1, 0.15) is 35.7 Å². The molecule has 6 heteroatoms. The van der Waals surface area contributed by atoms with Crippen LogP contribution in [-0.2, 0) is 10.2 Å². The van der Waals surface area contributed by atoms with Gasteiger partial charge in [0.05, 0.1) is 23.7 Å². The van der Waals surface area contributed by atoms with Gasteiger partial charge in [-0.3, -0.25) is 0 Å². The number of anilines is 1. The lowest BCUT2D eigenvalue weighted by molar-refractivity contribution is 0.0526. The van der Waals surface area contributed by atoms with E-state index in [1.165, 1.54) is 0 Å². The molecule has 1 aliphatic rings. The van der Waals surface area contributed by atoms with Gasteiger partial charge in [-0.25, -0.2) is 4.79 Å². The van der Waals surface area contributed by atoms with Crippen LogP contribution in [0.3, 0.4) is 0 Å². The lowest BCUT2D eigenvalue weighted by Crippen LogP contribution is -2.46. The first kappa shape index (κ1) is 19.8. The summed E-state index contributed by atoms with van der Waals surface area (Å²) in [5, 5.41) is 13.6. The van der Waals surface area contributed by atoms with Crippen molar-refractivity contribution in [1.29, 1.82) is 5.26 Å². The quantitative estimate of drug-likeness (QED) is 0.623. The van der Waals surface area contributed by atoms with Crippen LogP contribution in [0.2, 0.25) is 0 Å². The summed E-state index contributed by atoms with van der Waals surface area (Å²) in [7, 11) is 0. The molecule has 2 aromatic carbocycles. The first-order valence-electron chi connectivity index (χ1n) is 9.38. The predicted molar refractivity (Wildman–Crippen MR) is 113 cm³/mol. The smallest absolute Gasteiger partial charge is 0.338 e. The highest BCUT2D eigenvalue weighted by Crippen LogP contribution is 2.35. The maximum atomic E-state index is 11.9. The molecule has 2 aromatic rings. The van der Waals surface area contributed by atoms with Gasteiger partial charge in [0, 0.05) is 18.8 Å². The van der Waals surface area contributed by atoms with Gasteiger partial charge in [-0.15, -0.1) is 0 Å². The number of hydrogen-bond acceptors (Lipinski definition) is 4. The Morgan fingerprint density at radius 3 is 2.57 bits per heavy atom. The molecular weight excluding hydrogens is 370 g/mol. The first-order chi connectivity index (χ1) is 13.6. The van der Waals surface area contributed by atoms with Crippen LogP contribution in [0.15, 0.2) is 54.6 Å². The third-order valence-electron chi connectivity index (χ3n) is 5.07. The van der Waals surface area contributed by atoms with Crippen LogP contribution in [-0.4, -0.2) is 35.7 Å². The number of thiocarbonyl (C=S) groups is 1. The van der Waals surface area contributed by atoms with Gasteiger partial charge >= 0.3 is 5.97 Å². The number of piperidine rings is 1. The van der Waals surface area contributed by atoms with E-state index in [9.17, 15) is 10.1 Å². The Balaban J connectivity index is 1.64. The fraction of sp³-hybridized carbons (Fsp3) is 0.318. The number of nitrogens with one attached hydrogen (secondary N) is 1. The maximum Gasteiger partial charge on any atom is 0.338 e. The van der Waals surface area contributed by atoms with Crippen molar-refractivity contribution in [2.24, 2.45) is 0 Å². The minimum Gasteiger partial charge on any atom is -0.462 e. The molecule has 1 saturated heterocycles. The minimum atomic E-state index is -0.461. The van der Waals surface area contributed by atoms with Crippen LogP contribution in [0.4, 0.5) is 5.69 Å². The van der Waals surface area contributed by atoms with Crippen LogP contribution in [0.25, 0.3) is 0 Å². The van der Waals surface area contributed by atoms with Crippen molar-refractivity contribution in [2.75, 3.05) is 25.0 Å². The number of likely N-dealkylation sites (tertiary alicyclic amines) is 1. The fourth-order valence-corrected chi connectivity index (χ4v) is 3.76. The summed E-state index contributed by atoms with van der Waals surface area (Å²) in [5.41, 5.74) is 1.84. The van der Waals surface area contributed by atoms with Gasteiger partial charge in [-0.05, 0) is 55.7 Å². The van der Waals surface area contributed by atoms with E-state index < -0.39 is 5.41 Å². The first-order valence-corrected chi connectivity index (χ1v) is 9.79. The number of rotatable bonds is 4. The van der Waals surface area contributed by atoms with Crippen LogP contribution >= 0.6 is 12.2 Å². The Morgan fingerprint density at radius 2 is 1.93 bits per heavy atom. The third kappa shape index (κ3) is 4.32. The minimum absolute atomic E-state index is 0.338. The van der Waals surface area contributed by atoms with Crippen molar-refractivity contribution in [3.8, 4) is 6.07 Å². The largest absolute Gasteiger partial charge is 0.462 e. The second kappa shape index (κ2) is 8.85. The molecule has 5 nitrogen and oxygen atoms in total. The standard InChI is InChI=1S/C22H23N3O2S/c1-2-27-20(26)17-7-6-10-19(15-17)24-21(28)25-13-11-22(16-23,12-14-25)18-8-4-3-5-9-18/h3-10,15H,2,11-14H2,1H3,(H,24,28). The van der Waals surface area contributed by atoms with Crippen molar-refractivity contribution < 1.29 is 9.53 Å². The summed E-state index contributed by atoms with van der Waals surface area (Å²) in [6, 6.07) is 19.6. The van der Waals surface area contributed by atoms with Crippen LogP contribution < -0.4 is 5.32 Å². The zero-order chi connectivity index (χ0) is 20.0. The van der Waals surface area contributed by atoms with Gasteiger partial charge in [-0.2, -0.15) is 5.26 Å².